The van der Waals surface area contributed by atoms with Crippen LogP contribution >= 0.6 is 11.6 Å². The number of rotatable bonds is 11. The van der Waals surface area contributed by atoms with E-state index < -0.39 is 30.3 Å². The van der Waals surface area contributed by atoms with Crippen molar-refractivity contribution in [2.75, 3.05) is 38.8 Å². The monoisotopic (exact) mass is 555 g/mol. The average Bonchev–Trinajstić information content (AvgIpc) is 3.68. The first-order valence-corrected chi connectivity index (χ1v) is 12.8. The summed E-state index contributed by atoms with van der Waals surface area (Å²) in [6.45, 7) is 0.538. The van der Waals surface area contributed by atoms with Crippen LogP contribution in [0.2, 0.25) is 5.02 Å². The molecule has 0 aliphatic carbocycles. The highest BCUT2D eigenvalue weighted by molar-refractivity contribution is 6.30. The molecule has 2 atom stereocenters. The van der Waals surface area contributed by atoms with Gasteiger partial charge in [-0.3, -0.25) is 19.3 Å². The van der Waals surface area contributed by atoms with Crippen LogP contribution in [0, 0.1) is 0 Å². The van der Waals surface area contributed by atoms with E-state index >= 15 is 0 Å². The van der Waals surface area contributed by atoms with Crippen molar-refractivity contribution in [3.8, 4) is 11.5 Å². The van der Waals surface area contributed by atoms with E-state index in [0.717, 1.165) is 12.8 Å². The number of nitrogens with one attached hydrogen (secondary N) is 2. The lowest BCUT2D eigenvalue weighted by Crippen LogP contribution is -2.48. The minimum atomic E-state index is -1.12. The molecule has 1 aliphatic heterocycles. The van der Waals surface area contributed by atoms with Crippen LogP contribution in [-0.2, 0) is 14.3 Å². The third-order valence-electron chi connectivity index (χ3n) is 6.28. The summed E-state index contributed by atoms with van der Waals surface area (Å²) in [5, 5.41) is 5.96. The number of halogens is 1. The van der Waals surface area contributed by atoms with E-state index in [0.29, 0.717) is 40.9 Å². The fourth-order valence-electron chi connectivity index (χ4n) is 4.33. The Morgan fingerprint density at radius 3 is 2.46 bits per heavy atom. The number of methoxy groups -OCH3 is 2. The summed E-state index contributed by atoms with van der Waals surface area (Å²) in [6, 6.07) is 13.4. The molecule has 2 unspecified atom stereocenters. The molecule has 0 spiro atoms. The summed E-state index contributed by atoms with van der Waals surface area (Å²) in [6.07, 6.45) is 3.01. The molecular weight excluding hydrogens is 526 g/mol. The molecule has 0 bridgehead atoms. The minimum Gasteiger partial charge on any atom is -0.493 e. The zero-order valence-electron chi connectivity index (χ0n) is 21.6. The van der Waals surface area contributed by atoms with Crippen molar-refractivity contribution < 1.29 is 33.0 Å². The lowest BCUT2D eigenvalue weighted by atomic mass is 10.0. The van der Waals surface area contributed by atoms with Crippen LogP contribution in [0.1, 0.15) is 35.0 Å². The molecule has 2 N–H and O–H groups in total. The van der Waals surface area contributed by atoms with Gasteiger partial charge in [0.1, 0.15) is 6.04 Å². The van der Waals surface area contributed by atoms with Gasteiger partial charge in [-0.25, -0.2) is 0 Å². The maximum Gasteiger partial charge on any atom is 0.287 e. The van der Waals surface area contributed by atoms with Crippen LogP contribution < -0.4 is 25.0 Å². The standard InChI is InChI=1S/C28H30ClN3O7/c1-36-22-12-7-18(15-24(22)37-2)26(28(35)30-16-21-5-3-13-38-21)32(20-10-8-19(29)9-11-20)25(33)17-31-27(34)23-6-4-14-39-23/h4,6-12,14-15,21,26H,3,5,13,16-17H2,1-2H3,(H,30,35)(H,31,34). The van der Waals surface area contributed by atoms with E-state index in [1.807, 2.05) is 0 Å². The van der Waals surface area contributed by atoms with Gasteiger partial charge < -0.3 is 29.3 Å². The molecule has 2 heterocycles. The molecule has 1 aliphatic rings. The molecule has 4 rings (SSSR count). The molecule has 3 aromatic rings. The Morgan fingerprint density at radius 2 is 1.82 bits per heavy atom. The highest BCUT2D eigenvalue weighted by atomic mass is 35.5. The van der Waals surface area contributed by atoms with Gasteiger partial charge in [-0.15, -0.1) is 0 Å². The molecule has 1 saturated heterocycles. The summed E-state index contributed by atoms with van der Waals surface area (Å²) in [7, 11) is 3.00. The van der Waals surface area contributed by atoms with E-state index in [-0.39, 0.29) is 11.9 Å². The number of hydrogen-bond donors (Lipinski definition) is 2. The van der Waals surface area contributed by atoms with Gasteiger partial charge in [0.2, 0.25) is 11.8 Å². The SMILES string of the molecule is COc1ccc(C(C(=O)NCC2CCCO2)N(C(=O)CNC(=O)c2ccco2)c2ccc(Cl)cc2)cc1OC. The fraction of sp³-hybridized carbons (Fsp3) is 0.321. The van der Waals surface area contributed by atoms with E-state index in [4.69, 9.17) is 30.2 Å². The van der Waals surface area contributed by atoms with Gasteiger partial charge in [-0.1, -0.05) is 17.7 Å². The molecule has 1 aromatic heterocycles. The highest BCUT2D eigenvalue weighted by Crippen LogP contribution is 2.35. The number of furan rings is 1. The predicted molar refractivity (Wildman–Crippen MR) is 144 cm³/mol. The molecule has 1 fully saturated rings. The van der Waals surface area contributed by atoms with Gasteiger partial charge in [0.15, 0.2) is 17.3 Å². The maximum absolute atomic E-state index is 13.8. The smallest absolute Gasteiger partial charge is 0.287 e. The predicted octanol–water partition coefficient (Wildman–Crippen LogP) is 3.75. The van der Waals surface area contributed by atoms with E-state index in [9.17, 15) is 14.4 Å². The zero-order chi connectivity index (χ0) is 27.8. The lowest BCUT2D eigenvalue weighted by Gasteiger charge is -2.32. The third-order valence-corrected chi connectivity index (χ3v) is 6.53. The highest BCUT2D eigenvalue weighted by Gasteiger charge is 2.34. The first-order chi connectivity index (χ1) is 18.9. The van der Waals surface area contributed by atoms with Crippen LogP contribution in [0.15, 0.2) is 65.3 Å². The van der Waals surface area contributed by atoms with Crippen molar-refractivity contribution in [2.45, 2.75) is 25.0 Å². The quantitative estimate of drug-likeness (QED) is 0.370. The topological polar surface area (TPSA) is 119 Å². The number of amides is 3. The van der Waals surface area contributed by atoms with Crippen molar-refractivity contribution in [1.82, 2.24) is 10.6 Å². The molecule has 0 radical (unpaired) electrons. The van der Waals surface area contributed by atoms with Gasteiger partial charge in [-0.2, -0.15) is 0 Å². The largest absolute Gasteiger partial charge is 0.493 e. The van der Waals surface area contributed by atoms with Gasteiger partial charge in [0.25, 0.3) is 5.91 Å². The first kappa shape index (κ1) is 28.0. The van der Waals surface area contributed by atoms with Gasteiger partial charge >= 0.3 is 0 Å². The summed E-state index contributed by atoms with van der Waals surface area (Å²) < 4.78 is 21.6. The van der Waals surface area contributed by atoms with Crippen molar-refractivity contribution in [3.63, 3.8) is 0 Å². The van der Waals surface area contributed by atoms with E-state index in [1.54, 1.807) is 48.5 Å². The van der Waals surface area contributed by atoms with Crippen molar-refractivity contribution >= 4 is 35.0 Å². The molecule has 11 heteroatoms. The van der Waals surface area contributed by atoms with Crippen molar-refractivity contribution in [2.24, 2.45) is 0 Å². The summed E-state index contributed by atoms with van der Waals surface area (Å²) in [5.74, 6) is -0.611. The van der Waals surface area contributed by atoms with Crippen molar-refractivity contribution in [1.29, 1.82) is 0 Å². The summed E-state index contributed by atoms with van der Waals surface area (Å²) >= 11 is 6.12. The number of hydrogen-bond acceptors (Lipinski definition) is 7. The normalized spacial score (nSPS) is 15.3. The second-order valence-corrected chi connectivity index (χ2v) is 9.23. The van der Waals surface area contributed by atoms with E-state index in [1.165, 1.54) is 31.4 Å². The average molecular weight is 556 g/mol. The minimum absolute atomic E-state index is 0.0617. The number of carbonyl (C=O) groups excluding carboxylic acids is 3. The molecule has 206 valence electrons. The Kier molecular flexibility index (Phi) is 9.45. The fourth-order valence-corrected chi connectivity index (χ4v) is 4.46. The number of carbonyl (C=O) groups is 3. The third kappa shape index (κ3) is 6.90. The Balaban J connectivity index is 1.70. The number of ether oxygens (including phenoxy) is 3. The number of nitrogens with zero attached hydrogens (tertiary/aromatic N) is 1. The molecule has 2 aromatic carbocycles. The Hall–Kier alpha value is -4.02. The summed E-state index contributed by atoms with van der Waals surface area (Å²) in [4.78, 5) is 41.4. The second-order valence-electron chi connectivity index (χ2n) is 8.80. The number of benzene rings is 2. The maximum atomic E-state index is 13.8. The van der Waals surface area contributed by atoms with Crippen LogP contribution in [0.3, 0.4) is 0 Å². The Labute approximate surface area is 231 Å². The molecule has 0 saturated carbocycles. The van der Waals surface area contributed by atoms with E-state index in [2.05, 4.69) is 10.6 Å². The van der Waals surface area contributed by atoms with Crippen LogP contribution in [0.4, 0.5) is 5.69 Å². The van der Waals surface area contributed by atoms with Crippen LogP contribution in [-0.4, -0.2) is 57.7 Å². The zero-order valence-corrected chi connectivity index (χ0v) is 22.4. The Bertz CT molecular complexity index is 1270. The van der Waals surface area contributed by atoms with Crippen LogP contribution in [0.25, 0.3) is 0 Å². The number of anilines is 1. The lowest BCUT2D eigenvalue weighted by molar-refractivity contribution is -0.126. The Morgan fingerprint density at radius 1 is 1.05 bits per heavy atom. The van der Waals surface area contributed by atoms with Crippen molar-refractivity contribution in [3.05, 3.63) is 77.2 Å². The molecular formula is C28H30ClN3O7. The summed E-state index contributed by atoms with van der Waals surface area (Å²) in [5.41, 5.74) is 0.877. The van der Waals surface area contributed by atoms with Gasteiger partial charge in [0, 0.05) is 23.9 Å². The molecule has 10 nitrogen and oxygen atoms in total. The van der Waals surface area contributed by atoms with Gasteiger partial charge in [0.05, 0.1) is 33.1 Å². The van der Waals surface area contributed by atoms with Crippen LogP contribution in [0.5, 0.6) is 11.5 Å². The molecule has 39 heavy (non-hydrogen) atoms. The first-order valence-electron chi connectivity index (χ1n) is 12.4. The second kappa shape index (κ2) is 13.2. The van der Waals surface area contributed by atoms with Gasteiger partial charge in [-0.05, 0) is 66.9 Å². The molecule has 3 amide bonds.